The number of rotatable bonds is 7. The topological polar surface area (TPSA) is 56.2 Å². The van der Waals surface area contributed by atoms with Crippen LogP contribution in [-0.4, -0.2) is 15.7 Å². The average molecular weight is 404 g/mol. The van der Waals surface area contributed by atoms with Gasteiger partial charge in [0.2, 0.25) is 0 Å². The van der Waals surface area contributed by atoms with E-state index in [4.69, 9.17) is 27.9 Å². The molecule has 0 spiro atoms. The standard InChI is InChI=1S/C20H19Cl2N3O2/c1-2-17(14-6-4-3-5-7-14)23-20(26)18-10-11-25(24-18)13-27-19-9-8-15(21)12-16(19)22/h3-12,17H,2,13H2,1H3,(H,23,26). The number of nitrogens with zero attached hydrogens (tertiary/aromatic N) is 2. The lowest BCUT2D eigenvalue weighted by Gasteiger charge is -2.16. The first kappa shape index (κ1) is 19.3. The molecule has 0 aliphatic heterocycles. The van der Waals surface area contributed by atoms with Crippen molar-refractivity contribution in [1.82, 2.24) is 15.1 Å². The van der Waals surface area contributed by atoms with E-state index in [-0.39, 0.29) is 18.7 Å². The van der Waals surface area contributed by atoms with Crippen molar-refractivity contribution in [2.45, 2.75) is 26.1 Å². The molecule has 1 amide bonds. The first-order chi connectivity index (χ1) is 13.1. The van der Waals surface area contributed by atoms with Gasteiger partial charge in [0.15, 0.2) is 6.73 Å². The van der Waals surface area contributed by atoms with Crippen LogP contribution in [0.2, 0.25) is 10.0 Å². The van der Waals surface area contributed by atoms with E-state index in [0.717, 1.165) is 12.0 Å². The summed E-state index contributed by atoms with van der Waals surface area (Å²) in [6, 6.07) is 16.4. The Morgan fingerprint density at radius 2 is 1.96 bits per heavy atom. The highest BCUT2D eigenvalue weighted by Crippen LogP contribution is 2.27. The van der Waals surface area contributed by atoms with Gasteiger partial charge in [0.1, 0.15) is 11.4 Å². The van der Waals surface area contributed by atoms with Crippen molar-refractivity contribution >= 4 is 29.1 Å². The Bertz CT molecular complexity index is 913. The minimum absolute atomic E-state index is 0.0621. The summed E-state index contributed by atoms with van der Waals surface area (Å²) in [7, 11) is 0. The molecule has 5 nitrogen and oxygen atoms in total. The van der Waals surface area contributed by atoms with Crippen LogP contribution in [0.3, 0.4) is 0 Å². The van der Waals surface area contributed by atoms with Gasteiger partial charge in [0.05, 0.1) is 11.1 Å². The third-order valence-electron chi connectivity index (χ3n) is 4.04. The van der Waals surface area contributed by atoms with E-state index in [1.54, 1.807) is 30.5 Å². The van der Waals surface area contributed by atoms with Gasteiger partial charge in [0.25, 0.3) is 5.91 Å². The third-order valence-corrected chi connectivity index (χ3v) is 4.57. The third kappa shape index (κ3) is 5.02. The Hall–Kier alpha value is -2.50. The van der Waals surface area contributed by atoms with Gasteiger partial charge < -0.3 is 10.1 Å². The highest BCUT2D eigenvalue weighted by Gasteiger charge is 2.16. The van der Waals surface area contributed by atoms with Crippen LogP contribution in [0.15, 0.2) is 60.8 Å². The number of amides is 1. The molecule has 1 atom stereocenters. The zero-order valence-corrected chi connectivity index (χ0v) is 16.2. The summed E-state index contributed by atoms with van der Waals surface area (Å²) < 4.78 is 7.15. The lowest BCUT2D eigenvalue weighted by atomic mass is 10.0. The Balaban J connectivity index is 1.61. The SMILES string of the molecule is CCC(NC(=O)c1ccn(COc2ccc(Cl)cc2Cl)n1)c1ccccc1. The van der Waals surface area contributed by atoms with Gasteiger partial charge in [-0.05, 0) is 36.2 Å². The average Bonchev–Trinajstić information content (AvgIpc) is 3.15. The van der Waals surface area contributed by atoms with Gasteiger partial charge in [-0.15, -0.1) is 0 Å². The van der Waals surface area contributed by atoms with Crippen LogP contribution < -0.4 is 10.1 Å². The number of ether oxygens (including phenoxy) is 1. The molecular formula is C20H19Cl2N3O2. The molecule has 27 heavy (non-hydrogen) atoms. The molecule has 3 rings (SSSR count). The molecule has 1 unspecified atom stereocenters. The highest BCUT2D eigenvalue weighted by molar-refractivity contribution is 6.35. The van der Waals surface area contributed by atoms with Crippen LogP contribution in [0.25, 0.3) is 0 Å². The Morgan fingerprint density at radius 1 is 1.19 bits per heavy atom. The molecule has 0 aliphatic carbocycles. The van der Waals surface area contributed by atoms with Gasteiger partial charge in [-0.1, -0.05) is 60.5 Å². The zero-order valence-electron chi connectivity index (χ0n) is 14.7. The van der Waals surface area contributed by atoms with Crippen molar-refractivity contribution in [2.75, 3.05) is 0 Å². The number of halogens is 2. The Morgan fingerprint density at radius 3 is 2.67 bits per heavy atom. The van der Waals surface area contributed by atoms with Crippen LogP contribution in [0.1, 0.15) is 35.4 Å². The molecule has 0 radical (unpaired) electrons. The summed E-state index contributed by atoms with van der Waals surface area (Å²) >= 11 is 11.9. The molecule has 2 aromatic carbocycles. The second kappa shape index (κ2) is 8.93. The first-order valence-corrected chi connectivity index (χ1v) is 9.29. The molecule has 1 heterocycles. The molecule has 0 fully saturated rings. The summed E-state index contributed by atoms with van der Waals surface area (Å²) in [6.45, 7) is 2.16. The molecule has 1 aromatic heterocycles. The van der Waals surface area contributed by atoms with Crippen molar-refractivity contribution < 1.29 is 9.53 Å². The van der Waals surface area contributed by atoms with Crippen LogP contribution in [0, 0.1) is 0 Å². The van der Waals surface area contributed by atoms with Crippen LogP contribution in [0.5, 0.6) is 5.75 Å². The number of hydrogen-bond acceptors (Lipinski definition) is 3. The summed E-state index contributed by atoms with van der Waals surface area (Å²) in [4.78, 5) is 12.5. The number of benzene rings is 2. The highest BCUT2D eigenvalue weighted by atomic mass is 35.5. The van der Waals surface area contributed by atoms with E-state index >= 15 is 0 Å². The fraction of sp³-hybridized carbons (Fsp3) is 0.200. The van der Waals surface area contributed by atoms with Gasteiger partial charge in [0, 0.05) is 11.2 Å². The van der Waals surface area contributed by atoms with Crippen molar-refractivity contribution in [2.24, 2.45) is 0 Å². The number of carbonyl (C=O) groups excluding carboxylic acids is 1. The van der Waals surface area contributed by atoms with Gasteiger partial charge in [-0.2, -0.15) is 5.10 Å². The van der Waals surface area contributed by atoms with Crippen LogP contribution >= 0.6 is 23.2 Å². The molecular weight excluding hydrogens is 385 g/mol. The number of carbonyl (C=O) groups is 1. The fourth-order valence-electron chi connectivity index (χ4n) is 2.62. The van der Waals surface area contributed by atoms with Crippen LogP contribution in [-0.2, 0) is 6.73 Å². The maximum atomic E-state index is 12.5. The van der Waals surface area contributed by atoms with E-state index < -0.39 is 0 Å². The molecule has 3 aromatic rings. The Kier molecular flexibility index (Phi) is 6.37. The molecule has 1 N–H and O–H groups in total. The fourth-order valence-corrected chi connectivity index (χ4v) is 3.08. The Labute approximate surface area is 167 Å². The summed E-state index contributed by atoms with van der Waals surface area (Å²) in [6.07, 6.45) is 2.47. The van der Waals surface area contributed by atoms with E-state index in [0.29, 0.717) is 21.5 Å². The monoisotopic (exact) mass is 403 g/mol. The molecule has 0 saturated heterocycles. The van der Waals surface area contributed by atoms with Gasteiger partial charge in [-0.3, -0.25) is 4.79 Å². The van der Waals surface area contributed by atoms with Crippen LogP contribution in [0.4, 0.5) is 0 Å². The van der Waals surface area contributed by atoms with Crippen molar-refractivity contribution in [3.05, 3.63) is 82.1 Å². The van der Waals surface area contributed by atoms with E-state index in [2.05, 4.69) is 10.4 Å². The van der Waals surface area contributed by atoms with Crippen molar-refractivity contribution in [3.8, 4) is 5.75 Å². The predicted molar refractivity (Wildman–Crippen MR) is 106 cm³/mol. The summed E-state index contributed by atoms with van der Waals surface area (Å²) in [5, 5.41) is 8.23. The van der Waals surface area contributed by atoms with Gasteiger partial charge in [-0.25, -0.2) is 4.68 Å². The van der Waals surface area contributed by atoms with Crippen molar-refractivity contribution in [1.29, 1.82) is 0 Å². The largest absolute Gasteiger partial charge is 0.470 e. The predicted octanol–water partition coefficient (Wildman–Crippen LogP) is 5.11. The van der Waals surface area contributed by atoms with E-state index in [1.165, 1.54) is 4.68 Å². The normalized spacial score (nSPS) is 11.8. The molecule has 7 heteroatoms. The minimum Gasteiger partial charge on any atom is -0.470 e. The number of nitrogens with one attached hydrogen (secondary N) is 1. The zero-order chi connectivity index (χ0) is 19.2. The first-order valence-electron chi connectivity index (χ1n) is 8.54. The van der Waals surface area contributed by atoms with Crippen molar-refractivity contribution in [3.63, 3.8) is 0 Å². The quantitative estimate of drug-likeness (QED) is 0.596. The molecule has 140 valence electrons. The summed E-state index contributed by atoms with van der Waals surface area (Å²) in [5.41, 5.74) is 1.39. The second-order valence-corrected chi connectivity index (χ2v) is 6.78. The maximum absolute atomic E-state index is 12.5. The lowest BCUT2D eigenvalue weighted by Crippen LogP contribution is -2.28. The number of aromatic nitrogens is 2. The summed E-state index contributed by atoms with van der Waals surface area (Å²) in [5.74, 6) is 0.270. The molecule has 0 bridgehead atoms. The minimum atomic E-state index is -0.228. The lowest BCUT2D eigenvalue weighted by molar-refractivity contribution is 0.0928. The smallest absolute Gasteiger partial charge is 0.272 e. The molecule has 0 saturated carbocycles. The van der Waals surface area contributed by atoms with E-state index in [9.17, 15) is 4.79 Å². The maximum Gasteiger partial charge on any atom is 0.272 e. The second-order valence-electron chi connectivity index (χ2n) is 5.93. The molecule has 0 aliphatic rings. The van der Waals surface area contributed by atoms with E-state index in [1.807, 2.05) is 37.3 Å². The van der Waals surface area contributed by atoms with Gasteiger partial charge >= 0.3 is 0 Å². The number of hydrogen-bond donors (Lipinski definition) is 1.